The van der Waals surface area contributed by atoms with Gasteiger partial charge in [-0.3, -0.25) is 4.79 Å². The first-order valence-corrected chi connectivity index (χ1v) is 5.15. The molecule has 14 heavy (non-hydrogen) atoms. The van der Waals surface area contributed by atoms with Gasteiger partial charge in [-0.1, -0.05) is 0 Å². The minimum atomic E-state index is 0.113. The van der Waals surface area contributed by atoms with E-state index in [-0.39, 0.29) is 5.78 Å². The summed E-state index contributed by atoms with van der Waals surface area (Å²) >= 11 is 0. The van der Waals surface area contributed by atoms with Gasteiger partial charge in [-0.05, 0) is 38.1 Å². The van der Waals surface area contributed by atoms with E-state index in [1.165, 1.54) is 12.8 Å². The van der Waals surface area contributed by atoms with Gasteiger partial charge in [0.05, 0.1) is 6.26 Å². The molecule has 0 unspecified atom stereocenters. The second-order valence-electron chi connectivity index (χ2n) is 3.70. The van der Waals surface area contributed by atoms with Crippen molar-refractivity contribution < 1.29 is 9.21 Å². The van der Waals surface area contributed by atoms with Gasteiger partial charge in [-0.25, -0.2) is 0 Å². The van der Waals surface area contributed by atoms with E-state index in [2.05, 4.69) is 4.90 Å². The van der Waals surface area contributed by atoms with Gasteiger partial charge in [0.15, 0.2) is 11.5 Å². The first-order chi connectivity index (χ1) is 6.86. The summed E-state index contributed by atoms with van der Waals surface area (Å²) in [5.41, 5.74) is 0. The van der Waals surface area contributed by atoms with Crippen molar-refractivity contribution in [3.05, 3.63) is 24.2 Å². The number of hydrogen-bond acceptors (Lipinski definition) is 3. The van der Waals surface area contributed by atoms with E-state index in [0.29, 0.717) is 12.2 Å². The molecule has 2 heterocycles. The number of rotatable bonds is 4. The molecular weight excluding hydrogens is 178 g/mol. The Balaban J connectivity index is 1.78. The Morgan fingerprint density at radius 1 is 1.43 bits per heavy atom. The maximum absolute atomic E-state index is 11.5. The summed E-state index contributed by atoms with van der Waals surface area (Å²) in [6.07, 6.45) is 4.67. The van der Waals surface area contributed by atoms with Crippen LogP contribution in [0.4, 0.5) is 0 Å². The van der Waals surface area contributed by atoms with Crippen molar-refractivity contribution in [3.8, 4) is 0 Å². The van der Waals surface area contributed by atoms with Crippen LogP contribution in [0.2, 0.25) is 0 Å². The molecule has 0 aliphatic carbocycles. The van der Waals surface area contributed by atoms with Crippen molar-refractivity contribution in [1.82, 2.24) is 4.90 Å². The summed E-state index contributed by atoms with van der Waals surface area (Å²) in [5.74, 6) is 0.603. The van der Waals surface area contributed by atoms with Gasteiger partial charge in [0.25, 0.3) is 0 Å². The van der Waals surface area contributed by atoms with E-state index in [9.17, 15) is 4.79 Å². The lowest BCUT2D eigenvalue weighted by molar-refractivity contribution is 0.0942. The molecule has 0 N–H and O–H groups in total. The third-order valence-corrected chi connectivity index (χ3v) is 2.65. The van der Waals surface area contributed by atoms with Crippen molar-refractivity contribution in [3.63, 3.8) is 0 Å². The molecule has 76 valence electrons. The smallest absolute Gasteiger partial charge is 0.199 e. The molecule has 3 heteroatoms. The summed E-state index contributed by atoms with van der Waals surface area (Å²) in [4.78, 5) is 13.9. The fraction of sp³-hybridized carbons (Fsp3) is 0.545. The normalized spacial score (nSPS) is 17.4. The third kappa shape index (κ3) is 2.23. The zero-order chi connectivity index (χ0) is 9.80. The summed E-state index contributed by atoms with van der Waals surface area (Å²) in [7, 11) is 0. The lowest BCUT2D eigenvalue weighted by Crippen LogP contribution is -2.22. The van der Waals surface area contributed by atoms with Crippen LogP contribution in [-0.4, -0.2) is 30.3 Å². The highest BCUT2D eigenvalue weighted by molar-refractivity contribution is 5.93. The molecule has 2 rings (SSSR count). The van der Waals surface area contributed by atoms with E-state index >= 15 is 0 Å². The van der Waals surface area contributed by atoms with Gasteiger partial charge in [0.1, 0.15) is 0 Å². The van der Waals surface area contributed by atoms with Crippen LogP contribution in [0.25, 0.3) is 0 Å². The highest BCUT2D eigenvalue weighted by Gasteiger charge is 2.14. The number of hydrogen-bond donors (Lipinski definition) is 0. The lowest BCUT2D eigenvalue weighted by atomic mass is 10.2. The SMILES string of the molecule is O=C(CCN1CCCC1)c1ccco1. The number of carbonyl (C=O) groups excluding carboxylic acids is 1. The van der Waals surface area contributed by atoms with Crippen LogP contribution in [0, 0.1) is 0 Å². The Hall–Kier alpha value is -1.09. The van der Waals surface area contributed by atoms with Crippen LogP contribution >= 0.6 is 0 Å². The zero-order valence-electron chi connectivity index (χ0n) is 8.24. The number of furan rings is 1. The van der Waals surface area contributed by atoms with E-state index in [1.807, 2.05) is 0 Å². The van der Waals surface area contributed by atoms with Crippen LogP contribution < -0.4 is 0 Å². The van der Waals surface area contributed by atoms with Crippen LogP contribution in [0.5, 0.6) is 0 Å². The minimum absolute atomic E-state index is 0.113. The monoisotopic (exact) mass is 193 g/mol. The molecule has 0 aromatic carbocycles. The van der Waals surface area contributed by atoms with Crippen LogP contribution in [0.3, 0.4) is 0 Å². The Bertz CT molecular complexity index is 286. The zero-order valence-corrected chi connectivity index (χ0v) is 8.24. The molecule has 1 aromatic rings. The molecule has 1 aromatic heterocycles. The highest BCUT2D eigenvalue weighted by Crippen LogP contribution is 2.10. The number of ketones is 1. The van der Waals surface area contributed by atoms with Crippen LogP contribution in [-0.2, 0) is 0 Å². The Morgan fingerprint density at radius 2 is 2.21 bits per heavy atom. The molecule has 3 nitrogen and oxygen atoms in total. The number of carbonyl (C=O) groups is 1. The molecule has 1 aliphatic rings. The molecule has 1 fully saturated rings. The second kappa shape index (κ2) is 4.42. The fourth-order valence-electron chi connectivity index (χ4n) is 1.83. The minimum Gasteiger partial charge on any atom is -0.461 e. The quantitative estimate of drug-likeness (QED) is 0.685. The Morgan fingerprint density at radius 3 is 2.86 bits per heavy atom. The summed E-state index contributed by atoms with van der Waals surface area (Å²) in [6.45, 7) is 3.16. The molecule has 0 spiro atoms. The molecule has 1 aliphatic heterocycles. The Labute approximate surface area is 83.7 Å². The van der Waals surface area contributed by atoms with E-state index < -0.39 is 0 Å². The average molecular weight is 193 g/mol. The predicted molar refractivity (Wildman–Crippen MR) is 53.3 cm³/mol. The standard InChI is InChI=1S/C11H15NO2/c13-10(11-4-3-9-14-11)5-8-12-6-1-2-7-12/h3-4,9H,1-2,5-8H2. The first kappa shape index (κ1) is 9.46. The van der Waals surface area contributed by atoms with Gasteiger partial charge >= 0.3 is 0 Å². The first-order valence-electron chi connectivity index (χ1n) is 5.15. The van der Waals surface area contributed by atoms with Crippen molar-refractivity contribution in [2.24, 2.45) is 0 Å². The Kier molecular flexibility index (Phi) is 2.99. The molecular formula is C11H15NO2. The largest absolute Gasteiger partial charge is 0.461 e. The van der Waals surface area contributed by atoms with Gasteiger partial charge in [-0.15, -0.1) is 0 Å². The van der Waals surface area contributed by atoms with Gasteiger partial charge in [-0.2, -0.15) is 0 Å². The van der Waals surface area contributed by atoms with Crippen molar-refractivity contribution in [1.29, 1.82) is 0 Å². The molecule has 1 saturated heterocycles. The van der Waals surface area contributed by atoms with Crippen molar-refractivity contribution >= 4 is 5.78 Å². The average Bonchev–Trinajstić information content (AvgIpc) is 2.87. The molecule has 0 radical (unpaired) electrons. The lowest BCUT2D eigenvalue weighted by Gasteiger charge is -2.12. The maximum Gasteiger partial charge on any atom is 0.199 e. The number of likely N-dealkylation sites (tertiary alicyclic amines) is 1. The summed E-state index contributed by atoms with van der Waals surface area (Å²) < 4.78 is 5.04. The van der Waals surface area contributed by atoms with E-state index in [1.54, 1.807) is 18.4 Å². The molecule has 0 amide bonds. The summed E-state index contributed by atoms with van der Waals surface area (Å²) in [5, 5.41) is 0. The topological polar surface area (TPSA) is 33.5 Å². The fourth-order valence-corrected chi connectivity index (χ4v) is 1.83. The van der Waals surface area contributed by atoms with Crippen LogP contribution in [0.1, 0.15) is 29.8 Å². The maximum atomic E-state index is 11.5. The molecule has 0 bridgehead atoms. The number of Topliss-reactive ketones (excluding diaryl/α,β-unsaturated/α-hetero) is 1. The number of nitrogens with zero attached hydrogens (tertiary/aromatic N) is 1. The third-order valence-electron chi connectivity index (χ3n) is 2.65. The van der Waals surface area contributed by atoms with Crippen molar-refractivity contribution in [2.75, 3.05) is 19.6 Å². The van der Waals surface area contributed by atoms with Gasteiger partial charge in [0, 0.05) is 13.0 Å². The second-order valence-corrected chi connectivity index (χ2v) is 3.70. The van der Waals surface area contributed by atoms with E-state index in [0.717, 1.165) is 19.6 Å². The van der Waals surface area contributed by atoms with Crippen molar-refractivity contribution in [2.45, 2.75) is 19.3 Å². The summed E-state index contributed by atoms with van der Waals surface area (Å²) in [6, 6.07) is 3.48. The van der Waals surface area contributed by atoms with Crippen LogP contribution in [0.15, 0.2) is 22.8 Å². The van der Waals surface area contributed by atoms with Gasteiger partial charge in [0.2, 0.25) is 0 Å². The van der Waals surface area contributed by atoms with E-state index in [4.69, 9.17) is 4.42 Å². The highest BCUT2D eigenvalue weighted by atomic mass is 16.3. The predicted octanol–water partition coefficient (Wildman–Crippen LogP) is 1.95. The molecule has 0 saturated carbocycles. The molecule has 0 atom stereocenters. The van der Waals surface area contributed by atoms with Gasteiger partial charge < -0.3 is 9.32 Å².